The first-order valence-electron chi connectivity index (χ1n) is 7.89. The van der Waals surface area contributed by atoms with Gasteiger partial charge in [0.1, 0.15) is 11.5 Å². The van der Waals surface area contributed by atoms with Gasteiger partial charge in [0.2, 0.25) is 0 Å². The average Bonchev–Trinajstić information content (AvgIpc) is 3.42. The van der Waals surface area contributed by atoms with E-state index < -0.39 is 5.97 Å². The van der Waals surface area contributed by atoms with Gasteiger partial charge in [-0.15, -0.1) is 0 Å². The molecule has 1 aromatic carbocycles. The SMILES string of the molecule is COc1cc(/C=C/C(=O)OCC(=O)N[C@@H](C)C2CC2)cc(OC)c1. The summed E-state index contributed by atoms with van der Waals surface area (Å²) in [6.45, 7) is 1.69. The summed E-state index contributed by atoms with van der Waals surface area (Å²) in [4.78, 5) is 23.4. The minimum absolute atomic E-state index is 0.135. The fourth-order valence-electron chi connectivity index (χ4n) is 2.28. The van der Waals surface area contributed by atoms with Gasteiger partial charge in [-0.25, -0.2) is 4.79 Å². The van der Waals surface area contributed by atoms with Crippen LogP contribution in [0.5, 0.6) is 11.5 Å². The summed E-state index contributed by atoms with van der Waals surface area (Å²) in [6.07, 6.45) is 5.14. The molecule has 130 valence electrons. The van der Waals surface area contributed by atoms with Crippen molar-refractivity contribution in [3.63, 3.8) is 0 Å². The van der Waals surface area contributed by atoms with Gasteiger partial charge >= 0.3 is 5.97 Å². The second-order valence-electron chi connectivity index (χ2n) is 5.78. The molecule has 1 fully saturated rings. The van der Waals surface area contributed by atoms with E-state index in [1.54, 1.807) is 38.5 Å². The third-order valence-corrected chi connectivity index (χ3v) is 3.85. The Labute approximate surface area is 141 Å². The van der Waals surface area contributed by atoms with E-state index in [1.807, 2.05) is 6.92 Å². The highest BCUT2D eigenvalue weighted by Crippen LogP contribution is 2.32. The Morgan fingerprint density at radius 3 is 2.38 bits per heavy atom. The molecule has 1 atom stereocenters. The third kappa shape index (κ3) is 5.61. The van der Waals surface area contributed by atoms with Crippen molar-refractivity contribution in [2.75, 3.05) is 20.8 Å². The molecule has 0 aromatic heterocycles. The lowest BCUT2D eigenvalue weighted by molar-refractivity contribution is -0.144. The van der Waals surface area contributed by atoms with Crippen molar-refractivity contribution < 1.29 is 23.8 Å². The number of carbonyl (C=O) groups is 2. The lowest BCUT2D eigenvalue weighted by Gasteiger charge is -2.12. The lowest BCUT2D eigenvalue weighted by atomic mass is 10.2. The van der Waals surface area contributed by atoms with Crippen LogP contribution in [-0.4, -0.2) is 38.7 Å². The second kappa shape index (κ2) is 8.38. The summed E-state index contributed by atoms with van der Waals surface area (Å²) >= 11 is 0. The van der Waals surface area contributed by atoms with E-state index in [1.165, 1.54) is 6.08 Å². The summed E-state index contributed by atoms with van der Waals surface area (Å²) in [7, 11) is 3.11. The Hall–Kier alpha value is -2.50. The molecule has 6 nitrogen and oxygen atoms in total. The highest BCUT2D eigenvalue weighted by atomic mass is 16.5. The van der Waals surface area contributed by atoms with E-state index in [-0.39, 0.29) is 18.6 Å². The molecule has 1 aliphatic rings. The number of hydrogen-bond donors (Lipinski definition) is 1. The number of methoxy groups -OCH3 is 2. The van der Waals surface area contributed by atoms with E-state index in [0.717, 1.165) is 18.4 Å². The number of amides is 1. The molecule has 0 aliphatic heterocycles. The van der Waals surface area contributed by atoms with Crippen molar-refractivity contribution in [3.8, 4) is 11.5 Å². The number of rotatable bonds is 8. The second-order valence-corrected chi connectivity index (χ2v) is 5.78. The minimum Gasteiger partial charge on any atom is -0.497 e. The highest BCUT2D eigenvalue weighted by Gasteiger charge is 2.28. The van der Waals surface area contributed by atoms with Gasteiger partial charge in [0.15, 0.2) is 6.61 Å². The molecular weight excluding hydrogens is 310 g/mol. The van der Waals surface area contributed by atoms with E-state index >= 15 is 0 Å². The van der Waals surface area contributed by atoms with Crippen LogP contribution in [0.1, 0.15) is 25.3 Å². The Morgan fingerprint density at radius 2 is 1.83 bits per heavy atom. The predicted molar refractivity (Wildman–Crippen MR) is 89.9 cm³/mol. The Balaban J connectivity index is 1.82. The molecule has 2 rings (SSSR count). The number of nitrogens with one attached hydrogen (secondary N) is 1. The third-order valence-electron chi connectivity index (χ3n) is 3.85. The first-order valence-corrected chi connectivity index (χ1v) is 7.89. The molecular formula is C18H23NO5. The number of carbonyl (C=O) groups excluding carboxylic acids is 2. The van der Waals surface area contributed by atoms with Gasteiger partial charge in [0.05, 0.1) is 14.2 Å². The molecule has 24 heavy (non-hydrogen) atoms. The quantitative estimate of drug-likeness (QED) is 0.583. The van der Waals surface area contributed by atoms with Crippen molar-refractivity contribution in [1.29, 1.82) is 0 Å². The van der Waals surface area contributed by atoms with Crippen molar-refractivity contribution in [2.45, 2.75) is 25.8 Å². The van der Waals surface area contributed by atoms with Crippen LogP contribution in [0.2, 0.25) is 0 Å². The van der Waals surface area contributed by atoms with Crippen LogP contribution in [0, 0.1) is 5.92 Å². The molecule has 0 saturated heterocycles. The van der Waals surface area contributed by atoms with E-state index in [0.29, 0.717) is 17.4 Å². The number of benzene rings is 1. The highest BCUT2D eigenvalue weighted by molar-refractivity contribution is 5.89. The zero-order valence-electron chi connectivity index (χ0n) is 14.2. The average molecular weight is 333 g/mol. The summed E-state index contributed by atoms with van der Waals surface area (Å²) < 4.78 is 15.3. The Bertz CT molecular complexity index is 600. The van der Waals surface area contributed by atoms with Crippen LogP contribution in [0.4, 0.5) is 0 Å². The van der Waals surface area contributed by atoms with Crippen molar-refractivity contribution >= 4 is 18.0 Å². The van der Waals surface area contributed by atoms with Crippen LogP contribution in [-0.2, 0) is 14.3 Å². The van der Waals surface area contributed by atoms with Gasteiger partial charge in [0.25, 0.3) is 5.91 Å². The molecule has 1 N–H and O–H groups in total. The Kier molecular flexibility index (Phi) is 6.23. The number of ether oxygens (including phenoxy) is 3. The largest absolute Gasteiger partial charge is 0.497 e. The van der Waals surface area contributed by atoms with E-state index in [9.17, 15) is 9.59 Å². The summed E-state index contributed by atoms with van der Waals surface area (Å²) in [6, 6.07) is 5.39. The van der Waals surface area contributed by atoms with Crippen LogP contribution in [0.3, 0.4) is 0 Å². The normalized spacial score (nSPS) is 15.0. The molecule has 0 radical (unpaired) electrons. The molecule has 1 saturated carbocycles. The first kappa shape index (κ1) is 17.8. The molecule has 0 spiro atoms. The van der Waals surface area contributed by atoms with Crippen molar-refractivity contribution in [3.05, 3.63) is 29.8 Å². The Morgan fingerprint density at radius 1 is 1.21 bits per heavy atom. The van der Waals surface area contributed by atoms with Gasteiger partial charge in [0, 0.05) is 18.2 Å². The van der Waals surface area contributed by atoms with Crippen molar-refractivity contribution in [2.24, 2.45) is 5.92 Å². The maximum Gasteiger partial charge on any atom is 0.331 e. The maximum absolute atomic E-state index is 11.7. The summed E-state index contributed by atoms with van der Waals surface area (Å²) in [5, 5.41) is 2.83. The topological polar surface area (TPSA) is 73.9 Å². The fourth-order valence-corrected chi connectivity index (χ4v) is 2.28. The smallest absolute Gasteiger partial charge is 0.331 e. The lowest BCUT2D eigenvalue weighted by Crippen LogP contribution is -2.36. The predicted octanol–water partition coefficient (Wildman–Crippen LogP) is 2.17. The van der Waals surface area contributed by atoms with Gasteiger partial charge < -0.3 is 19.5 Å². The monoisotopic (exact) mass is 333 g/mol. The molecule has 1 aromatic rings. The molecule has 6 heteroatoms. The van der Waals surface area contributed by atoms with Gasteiger partial charge in [-0.05, 0) is 49.5 Å². The molecule has 1 amide bonds. The van der Waals surface area contributed by atoms with Crippen LogP contribution in [0.15, 0.2) is 24.3 Å². The molecule has 1 aliphatic carbocycles. The zero-order chi connectivity index (χ0) is 17.5. The minimum atomic E-state index is -0.578. The van der Waals surface area contributed by atoms with Crippen LogP contribution >= 0.6 is 0 Å². The maximum atomic E-state index is 11.7. The fraction of sp³-hybridized carbons (Fsp3) is 0.444. The molecule has 0 bridgehead atoms. The zero-order valence-corrected chi connectivity index (χ0v) is 14.2. The van der Waals surface area contributed by atoms with Crippen LogP contribution < -0.4 is 14.8 Å². The van der Waals surface area contributed by atoms with E-state index in [2.05, 4.69) is 5.32 Å². The first-order chi connectivity index (χ1) is 11.5. The summed E-state index contributed by atoms with van der Waals surface area (Å²) in [5.41, 5.74) is 0.731. The van der Waals surface area contributed by atoms with Crippen molar-refractivity contribution in [1.82, 2.24) is 5.32 Å². The number of esters is 1. The van der Waals surface area contributed by atoms with E-state index in [4.69, 9.17) is 14.2 Å². The molecule has 0 heterocycles. The molecule has 0 unspecified atom stereocenters. The van der Waals surface area contributed by atoms with Gasteiger partial charge in [-0.1, -0.05) is 0 Å². The van der Waals surface area contributed by atoms with Gasteiger partial charge in [-0.3, -0.25) is 4.79 Å². The standard InChI is InChI=1S/C18H23NO5/c1-12(14-5-6-14)19-17(20)11-24-18(21)7-4-13-8-15(22-2)10-16(9-13)23-3/h4,7-10,12,14H,5-6,11H2,1-3H3,(H,19,20)/b7-4+/t12-/m0/s1. The number of hydrogen-bond acceptors (Lipinski definition) is 5. The van der Waals surface area contributed by atoms with Gasteiger partial charge in [-0.2, -0.15) is 0 Å². The summed E-state index contributed by atoms with van der Waals surface area (Å²) in [5.74, 6) is 0.949. The van der Waals surface area contributed by atoms with Crippen LogP contribution in [0.25, 0.3) is 6.08 Å².